The van der Waals surface area contributed by atoms with E-state index in [9.17, 15) is 13.2 Å². The molecule has 6 heteroatoms. The van der Waals surface area contributed by atoms with Crippen molar-refractivity contribution in [3.8, 4) is 11.1 Å². The third kappa shape index (κ3) is 5.47. The van der Waals surface area contributed by atoms with Gasteiger partial charge in [-0.2, -0.15) is 0 Å². The Labute approximate surface area is 142 Å². The summed E-state index contributed by atoms with van der Waals surface area (Å²) in [5.74, 6) is -0.325. The second-order valence-corrected chi connectivity index (χ2v) is 7.10. The summed E-state index contributed by atoms with van der Waals surface area (Å²) in [5.41, 5.74) is 2.01. The van der Waals surface area contributed by atoms with Crippen molar-refractivity contribution in [2.45, 2.75) is 24.7 Å². The maximum atomic E-state index is 12.2. The molecule has 0 fully saturated rings. The fourth-order valence-electron chi connectivity index (χ4n) is 2.19. The highest BCUT2D eigenvalue weighted by atomic mass is 32.2. The molecule has 1 N–H and O–H groups in total. The molecule has 24 heavy (non-hydrogen) atoms. The zero-order chi connectivity index (χ0) is 17.4. The van der Waals surface area contributed by atoms with Crippen LogP contribution in [0.15, 0.2) is 59.5 Å². The van der Waals surface area contributed by atoms with E-state index in [2.05, 4.69) is 4.72 Å². The van der Waals surface area contributed by atoms with Crippen molar-refractivity contribution < 1.29 is 17.9 Å². The number of ether oxygens (including phenoxy) is 1. The lowest BCUT2D eigenvalue weighted by atomic mass is 10.1. The Kier molecular flexibility index (Phi) is 6.52. The van der Waals surface area contributed by atoms with Crippen LogP contribution in [0.3, 0.4) is 0 Å². The van der Waals surface area contributed by atoms with Crippen molar-refractivity contribution in [2.75, 3.05) is 13.2 Å². The van der Waals surface area contributed by atoms with Gasteiger partial charge in [0, 0.05) is 13.5 Å². The number of unbranched alkanes of at least 4 members (excludes halogenated alkanes) is 1. The van der Waals surface area contributed by atoms with Gasteiger partial charge in [0.25, 0.3) is 0 Å². The average Bonchev–Trinajstić information content (AvgIpc) is 2.58. The predicted octanol–water partition coefficient (Wildman–Crippen LogP) is 2.98. The first-order valence-corrected chi connectivity index (χ1v) is 9.26. The van der Waals surface area contributed by atoms with E-state index in [0.29, 0.717) is 26.0 Å². The molecular formula is C18H21NO4S. The monoisotopic (exact) mass is 347 g/mol. The summed E-state index contributed by atoms with van der Waals surface area (Å²) in [7, 11) is -3.52. The number of hydrogen-bond donors (Lipinski definition) is 1. The minimum absolute atomic E-state index is 0.238. The van der Waals surface area contributed by atoms with Crippen molar-refractivity contribution in [3.63, 3.8) is 0 Å². The number of rotatable bonds is 8. The average molecular weight is 347 g/mol. The van der Waals surface area contributed by atoms with Gasteiger partial charge in [-0.3, -0.25) is 4.79 Å². The summed E-state index contributed by atoms with van der Waals surface area (Å²) in [6.45, 7) is 1.97. The highest BCUT2D eigenvalue weighted by Gasteiger charge is 2.13. The molecule has 0 radical (unpaired) electrons. The molecule has 0 saturated heterocycles. The summed E-state index contributed by atoms with van der Waals surface area (Å²) < 4.78 is 31.8. The topological polar surface area (TPSA) is 72.5 Å². The second-order valence-electron chi connectivity index (χ2n) is 5.34. The largest absolute Gasteiger partial charge is 0.466 e. The molecule has 0 aliphatic rings. The Morgan fingerprint density at radius 3 is 2.21 bits per heavy atom. The summed E-state index contributed by atoms with van der Waals surface area (Å²) in [5, 5.41) is 0. The van der Waals surface area contributed by atoms with E-state index < -0.39 is 10.0 Å². The maximum Gasteiger partial charge on any atom is 0.302 e. The van der Waals surface area contributed by atoms with Gasteiger partial charge in [0.05, 0.1) is 11.5 Å². The van der Waals surface area contributed by atoms with Crippen LogP contribution in [0, 0.1) is 0 Å². The fourth-order valence-corrected chi connectivity index (χ4v) is 3.26. The van der Waals surface area contributed by atoms with Crippen molar-refractivity contribution in [2.24, 2.45) is 0 Å². The third-order valence-electron chi connectivity index (χ3n) is 3.44. The van der Waals surface area contributed by atoms with Gasteiger partial charge in [0.1, 0.15) is 0 Å². The summed E-state index contributed by atoms with van der Waals surface area (Å²) in [6.07, 6.45) is 1.23. The van der Waals surface area contributed by atoms with Gasteiger partial charge < -0.3 is 4.74 Å². The predicted molar refractivity (Wildman–Crippen MR) is 92.9 cm³/mol. The molecule has 2 aromatic rings. The molecular weight excluding hydrogens is 326 g/mol. The molecule has 2 aromatic carbocycles. The lowest BCUT2D eigenvalue weighted by Gasteiger charge is -2.08. The van der Waals surface area contributed by atoms with Crippen LogP contribution in [-0.2, 0) is 19.6 Å². The van der Waals surface area contributed by atoms with Gasteiger partial charge >= 0.3 is 5.97 Å². The Morgan fingerprint density at radius 2 is 1.58 bits per heavy atom. The first-order chi connectivity index (χ1) is 11.5. The zero-order valence-electron chi connectivity index (χ0n) is 13.6. The number of carbonyl (C=O) groups is 1. The van der Waals surface area contributed by atoms with Gasteiger partial charge in [0.2, 0.25) is 10.0 Å². The quantitative estimate of drug-likeness (QED) is 0.588. The van der Waals surface area contributed by atoms with Gasteiger partial charge in [-0.15, -0.1) is 0 Å². The Bertz CT molecular complexity index is 755. The van der Waals surface area contributed by atoms with Gasteiger partial charge in [-0.1, -0.05) is 42.5 Å². The normalized spacial score (nSPS) is 11.2. The van der Waals surface area contributed by atoms with E-state index in [-0.39, 0.29) is 10.9 Å². The molecule has 128 valence electrons. The molecule has 2 rings (SSSR count). The number of esters is 1. The Balaban J connectivity index is 1.89. The van der Waals surface area contributed by atoms with Crippen LogP contribution in [0.1, 0.15) is 19.8 Å². The van der Waals surface area contributed by atoms with Crippen LogP contribution in [0.5, 0.6) is 0 Å². The SMILES string of the molecule is CC(=O)OCCCCNS(=O)(=O)c1ccc(-c2ccccc2)cc1. The number of hydrogen-bond acceptors (Lipinski definition) is 4. The van der Waals surface area contributed by atoms with Gasteiger partial charge in [0.15, 0.2) is 0 Å². The molecule has 0 saturated carbocycles. The molecule has 0 atom stereocenters. The number of sulfonamides is 1. The van der Waals surface area contributed by atoms with Crippen LogP contribution < -0.4 is 4.72 Å². The minimum atomic E-state index is -3.52. The van der Waals surface area contributed by atoms with Crippen LogP contribution in [0.4, 0.5) is 0 Å². The molecule has 0 aliphatic carbocycles. The number of nitrogens with one attached hydrogen (secondary N) is 1. The lowest BCUT2D eigenvalue weighted by molar-refractivity contribution is -0.141. The first-order valence-electron chi connectivity index (χ1n) is 7.77. The van der Waals surface area contributed by atoms with E-state index in [1.54, 1.807) is 24.3 Å². The summed E-state index contributed by atoms with van der Waals surface area (Å²) in [4.78, 5) is 10.9. The molecule has 0 heterocycles. The minimum Gasteiger partial charge on any atom is -0.466 e. The van der Waals surface area contributed by atoms with E-state index in [1.165, 1.54) is 6.92 Å². The van der Waals surface area contributed by atoms with Crippen LogP contribution in [0.2, 0.25) is 0 Å². The number of benzene rings is 2. The van der Waals surface area contributed by atoms with E-state index in [1.807, 2.05) is 30.3 Å². The molecule has 0 aromatic heterocycles. The summed E-state index contributed by atoms with van der Waals surface area (Å²) in [6, 6.07) is 16.6. The van der Waals surface area contributed by atoms with E-state index in [4.69, 9.17) is 4.74 Å². The molecule has 0 bridgehead atoms. The maximum absolute atomic E-state index is 12.2. The van der Waals surface area contributed by atoms with Crippen molar-refractivity contribution in [1.29, 1.82) is 0 Å². The standard InChI is InChI=1S/C18H21NO4S/c1-15(20)23-14-6-5-13-19-24(21,22)18-11-9-17(10-12-18)16-7-3-2-4-8-16/h2-4,7-12,19H,5-6,13-14H2,1H3. The van der Waals surface area contributed by atoms with Gasteiger partial charge in [-0.05, 0) is 36.1 Å². The zero-order valence-corrected chi connectivity index (χ0v) is 14.4. The molecule has 0 amide bonds. The fraction of sp³-hybridized carbons (Fsp3) is 0.278. The van der Waals surface area contributed by atoms with Crippen LogP contribution >= 0.6 is 0 Å². The van der Waals surface area contributed by atoms with Crippen molar-refractivity contribution >= 4 is 16.0 Å². The molecule has 5 nitrogen and oxygen atoms in total. The van der Waals surface area contributed by atoms with E-state index >= 15 is 0 Å². The number of carbonyl (C=O) groups excluding carboxylic acids is 1. The van der Waals surface area contributed by atoms with Crippen molar-refractivity contribution in [1.82, 2.24) is 4.72 Å². The first kappa shape index (κ1) is 18.2. The molecule has 0 spiro atoms. The summed E-state index contributed by atoms with van der Waals surface area (Å²) >= 11 is 0. The van der Waals surface area contributed by atoms with Crippen LogP contribution in [0.25, 0.3) is 11.1 Å². The molecule has 0 unspecified atom stereocenters. The highest BCUT2D eigenvalue weighted by Crippen LogP contribution is 2.20. The lowest BCUT2D eigenvalue weighted by Crippen LogP contribution is -2.25. The molecule has 0 aliphatic heterocycles. The van der Waals surface area contributed by atoms with Gasteiger partial charge in [-0.25, -0.2) is 13.1 Å². The highest BCUT2D eigenvalue weighted by molar-refractivity contribution is 7.89. The second kappa shape index (κ2) is 8.61. The van der Waals surface area contributed by atoms with Crippen molar-refractivity contribution in [3.05, 3.63) is 54.6 Å². The van der Waals surface area contributed by atoms with E-state index in [0.717, 1.165) is 11.1 Å². The Morgan fingerprint density at radius 1 is 0.958 bits per heavy atom. The Hall–Kier alpha value is -2.18. The smallest absolute Gasteiger partial charge is 0.302 e. The third-order valence-corrected chi connectivity index (χ3v) is 4.92. The van der Waals surface area contributed by atoms with Crippen LogP contribution in [-0.4, -0.2) is 27.5 Å².